The van der Waals surface area contributed by atoms with Crippen LogP contribution in [0.15, 0.2) is 39.6 Å². The molecule has 1 heterocycles. The van der Waals surface area contributed by atoms with Gasteiger partial charge in [0.25, 0.3) is 0 Å². The van der Waals surface area contributed by atoms with E-state index in [4.69, 9.17) is 9.52 Å². The third-order valence-electron chi connectivity index (χ3n) is 2.99. The molecule has 5 nitrogen and oxygen atoms in total. The molecular weight excluding hydrogens is 297 g/mol. The number of sulfonamides is 1. The Morgan fingerprint density at radius 3 is 2.57 bits per heavy atom. The van der Waals surface area contributed by atoms with Gasteiger partial charge >= 0.3 is 0 Å². The Balaban J connectivity index is 2.26. The second-order valence-corrected chi connectivity index (χ2v) is 6.40. The summed E-state index contributed by atoms with van der Waals surface area (Å²) < 4.78 is 45.9. The van der Waals surface area contributed by atoms with Gasteiger partial charge in [0.1, 0.15) is 22.2 Å². The normalized spacial score (nSPS) is 13.3. The molecule has 1 unspecified atom stereocenters. The van der Waals surface area contributed by atoms with Gasteiger partial charge in [-0.2, -0.15) is 0 Å². The quantitative estimate of drug-likeness (QED) is 0.887. The highest BCUT2D eigenvalue weighted by Crippen LogP contribution is 2.21. The van der Waals surface area contributed by atoms with Crippen molar-refractivity contribution in [3.05, 3.63) is 53.2 Å². The van der Waals surface area contributed by atoms with Crippen LogP contribution < -0.4 is 4.72 Å². The van der Waals surface area contributed by atoms with E-state index in [-0.39, 0.29) is 6.61 Å². The predicted octanol–water partition coefficient (Wildman–Crippen LogP) is 2.26. The topological polar surface area (TPSA) is 79.5 Å². The molecule has 2 aromatic rings. The Labute approximate surface area is 122 Å². The van der Waals surface area contributed by atoms with Gasteiger partial charge in [-0.1, -0.05) is 6.07 Å². The molecule has 2 rings (SSSR count). The van der Waals surface area contributed by atoms with Crippen LogP contribution in [-0.4, -0.2) is 13.5 Å². The second-order valence-electron chi connectivity index (χ2n) is 4.71. The largest absolute Gasteiger partial charge is 0.465 e. The van der Waals surface area contributed by atoms with Crippen LogP contribution >= 0.6 is 0 Å². The van der Waals surface area contributed by atoms with Crippen molar-refractivity contribution >= 4 is 10.0 Å². The van der Waals surface area contributed by atoms with Crippen molar-refractivity contribution in [2.75, 3.05) is 0 Å². The maximum atomic E-state index is 13.8. The zero-order valence-electron chi connectivity index (χ0n) is 11.6. The Bertz CT molecular complexity index is 739. The third kappa shape index (κ3) is 3.49. The SMILES string of the molecule is Cc1ccc(C(C)NS(=O)(=O)c2ccc(CO)cc2F)o1. The molecule has 0 radical (unpaired) electrons. The van der Waals surface area contributed by atoms with Crippen LogP contribution in [0, 0.1) is 12.7 Å². The van der Waals surface area contributed by atoms with Crippen LogP contribution in [0.25, 0.3) is 0 Å². The number of aliphatic hydroxyl groups is 1. The van der Waals surface area contributed by atoms with Gasteiger partial charge in [0, 0.05) is 0 Å². The molecule has 0 saturated carbocycles. The summed E-state index contributed by atoms with van der Waals surface area (Å²) in [6.45, 7) is 3.00. The fourth-order valence-electron chi connectivity index (χ4n) is 1.90. The van der Waals surface area contributed by atoms with Gasteiger partial charge < -0.3 is 9.52 Å². The zero-order valence-corrected chi connectivity index (χ0v) is 12.4. The Morgan fingerprint density at radius 1 is 1.33 bits per heavy atom. The smallest absolute Gasteiger partial charge is 0.244 e. The van der Waals surface area contributed by atoms with Gasteiger partial charge in [0.05, 0.1) is 12.6 Å². The minimum absolute atomic E-state index is 0.307. The zero-order chi connectivity index (χ0) is 15.6. The lowest BCUT2D eigenvalue weighted by Crippen LogP contribution is -2.27. The standard InChI is InChI=1S/C14H16FNO4S/c1-9-3-5-13(20-9)10(2)16-21(18,19)14-6-4-11(8-17)7-12(14)15/h3-7,10,16-17H,8H2,1-2H3. The minimum Gasteiger partial charge on any atom is -0.465 e. The number of rotatable bonds is 5. The molecule has 114 valence electrons. The van der Waals surface area contributed by atoms with Gasteiger partial charge in [0.2, 0.25) is 10.0 Å². The first kappa shape index (κ1) is 15.7. The molecule has 0 spiro atoms. The number of nitrogens with one attached hydrogen (secondary N) is 1. The van der Waals surface area contributed by atoms with E-state index in [1.54, 1.807) is 26.0 Å². The van der Waals surface area contributed by atoms with E-state index in [2.05, 4.69) is 4.72 Å². The Morgan fingerprint density at radius 2 is 2.05 bits per heavy atom. The van der Waals surface area contributed by atoms with E-state index in [0.717, 1.165) is 12.1 Å². The van der Waals surface area contributed by atoms with Crippen LogP contribution in [0.3, 0.4) is 0 Å². The van der Waals surface area contributed by atoms with E-state index >= 15 is 0 Å². The lowest BCUT2D eigenvalue weighted by atomic mass is 10.2. The van der Waals surface area contributed by atoms with Gasteiger partial charge in [0.15, 0.2) is 0 Å². The molecule has 1 atom stereocenters. The summed E-state index contributed by atoms with van der Waals surface area (Å²) in [4.78, 5) is -0.463. The average Bonchev–Trinajstić information content (AvgIpc) is 2.84. The molecule has 21 heavy (non-hydrogen) atoms. The number of furan rings is 1. The predicted molar refractivity (Wildman–Crippen MR) is 74.5 cm³/mol. The number of hydrogen-bond acceptors (Lipinski definition) is 4. The first-order valence-corrected chi connectivity index (χ1v) is 7.80. The van der Waals surface area contributed by atoms with E-state index in [0.29, 0.717) is 17.1 Å². The fraction of sp³-hybridized carbons (Fsp3) is 0.286. The molecule has 1 aromatic carbocycles. The lowest BCUT2D eigenvalue weighted by Gasteiger charge is -2.13. The molecule has 2 N–H and O–H groups in total. The monoisotopic (exact) mass is 313 g/mol. The van der Waals surface area contributed by atoms with E-state index in [9.17, 15) is 12.8 Å². The highest BCUT2D eigenvalue weighted by Gasteiger charge is 2.23. The van der Waals surface area contributed by atoms with Crippen LogP contribution in [0.5, 0.6) is 0 Å². The van der Waals surface area contributed by atoms with Gasteiger partial charge in [-0.15, -0.1) is 0 Å². The van der Waals surface area contributed by atoms with Crippen molar-refractivity contribution in [3.8, 4) is 0 Å². The van der Waals surface area contributed by atoms with Crippen molar-refractivity contribution < 1.29 is 22.3 Å². The van der Waals surface area contributed by atoms with E-state index in [1.807, 2.05) is 0 Å². The molecular formula is C14H16FNO4S. The van der Waals surface area contributed by atoms with Crippen molar-refractivity contribution in [2.45, 2.75) is 31.4 Å². The molecule has 0 aliphatic carbocycles. The summed E-state index contributed by atoms with van der Waals surface area (Å²) in [7, 11) is -4.02. The van der Waals surface area contributed by atoms with Gasteiger partial charge in [-0.3, -0.25) is 0 Å². The molecule has 1 aromatic heterocycles. The summed E-state index contributed by atoms with van der Waals surface area (Å²) in [6, 6.07) is 6.24. The highest BCUT2D eigenvalue weighted by molar-refractivity contribution is 7.89. The minimum atomic E-state index is -4.02. The lowest BCUT2D eigenvalue weighted by molar-refractivity contribution is 0.281. The van der Waals surface area contributed by atoms with Crippen molar-refractivity contribution in [1.29, 1.82) is 0 Å². The van der Waals surface area contributed by atoms with Crippen molar-refractivity contribution in [3.63, 3.8) is 0 Å². The van der Waals surface area contributed by atoms with Crippen molar-refractivity contribution in [2.24, 2.45) is 0 Å². The molecule has 0 aliphatic rings. The van der Waals surface area contributed by atoms with Crippen LogP contribution in [0.4, 0.5) is 4.39 Å². The summed E-state index contributed by atoms with van der Waals surface area (Å²) in [5, 5.41) is 8.91. The van der Waals surface area contributed by atoms with Gasteiger partial charge in [-0.05, 0) is 43.7 Å². The summed E-state index contributed by atoms with van der Waals surface area (Å²) >= 11 is 0. The molecule has 0 fully saturated rings. The van der Waals surface area contributed by atoms with E-state index < -0.39 is 26.8 Å². The van der Waals surface area contributed by atoms with Crippen LogP contribution in [0.2, 0.25) is 0 Å². The average molecular weight is 313 g/mol. The fourth-order valence-corrected chi connectivity index (χ4v) is 3.17. The van der Waals surface area contributed by atoms with Crippen LogP contribution in [0.1, 0.15) is 30.0 Å². The van der Waals surface area contributed by atoms with Gasteiger partial charge in [-0.25, -0.2) is 17.5 Å². The maximum absolute atomic E-state index is 13.8. The number of hydrogen-bond donors (Lipinski definition) is 2. The summed E-state index contributed by atoms with van der Waals surface area (Å²) in [6.07, 6.45) is 0. The van der Waals surface area contributed by atoms with E-state index in [1.165, 1.54) is 6.07 Å². The van der Waals surface area contributed by atoms with Crippen molar-refractivity contribution in [1.82, 2.24) is 4.72 Å². The molecule has 0 bridgehead atoms. The molecule has 0 saturated heterocycles. The first-order chi connectivity index (χ1) is 9.83. The molecule has 0 aliphatic heterocycles. The summed E-state index contributed by atoms with van der Waals surface area (Å²) in [5.74, 6) is 0.204. The Hall–Kier alpha value is -1.70. The van der Waals surface area contributed by atoms with Crippen LogP contribution in [-0.2, 0) is 16.6 Å². The third-order valence-corrected chi connectivity index (χ3v) is 4.56. The molecule has 0 amide bonds. The highest BCUT2D eigenvalue weighted by atomic mass is 32.2. The number of benzene rings is 1. The maximum Gasteiger partial charge on any atom is 0.244 e. The molecule has 7 heteroatoms. The first-order valence-electron chi connectivity index (χ1n) is 6.31. The number of halogens is 1. The number of aryl methyl sites for hydroxylation is 1. The second kappa shape index (κ2) is 5.97. The summed E-state index contributed by atoms with van der Waals surface area (Å²) in [5.41, 5.74) is 0.307. The Kier molecular flexibility index (Phi) is 4.46. The number of aliphatic hydroxyl groups excluding tert-OH is 1.